The second-order valence-electron chi connectivity index (χ2n) is 2.05. The van der Waals surface area contributed by atoms with Gasteiger partial charge in [-0.25, -0.2) is 0 Å². The first-order chi connectivity index (χ1) is 3.39. The molecule has 0 saturated heterocycles. The van der Waals surface area contributed by atoms with E-state index in [-0.39, 0.29) is 0 Å². The van der Waals surface area contributed by atoms with Gasteiger partial charge in [0.2, 0.25) is 0 Å². The summed E-state index contributed by atoms with van der Waals surface area (Å²) in [6.07, 6.45) is 2.10. The van der Waals surface area contributed by atoms with Crippen molar-refractivity contribution in [2.75, 3.05) is 0 Å². The fourth-order valence-electron chi connectivity index (χ4n) is 0.788. The lowest BCUT2D eigenvalue weighted by Gasteiger charge is -2.04. The zero-order valence-corrected chi connectivity index (χ0v) is 4.70. The van der Waals surface area contributed by atoms with Crippen molar-refractivity contribution in [2.24, 2.45) is 0 Å². The topological polar surface area (TPSA) is 12.0 Å². The van der Waals surface area contributed by atoms with E-state index in [1.807, 2.05) is 0 Å². The van der Waals surface area contributed by atoms with Crippen LogP contribution in [0.2, 0.25) is 0 Å². The molecular weight excluding hydrogens is 82.5 g/mol. The van der Waals surface area contributed by atoms with Crippen LogP contribution in [0.15, 0.2) is 11.7 Å². The monoisotopic (exact) mass is 91.1 g/mol. The van der Waals surface area contributed by atoms with E-state index in [2.05, 4.69) is 18.4 Å². The Labute approximate surface area is 46.3 Å². The quantitative estimate of drug-likeness (QED) is 0.357. The molecule has 1 aliphatic rings. The lowest BCUT2D eigenvalue weighted by molar-refractivity contribution is 1.34. The van der Waals surface area contributed by atoms with Crippen molar-refractivity contribution >= 4 is 21.5 Å². The standard InChI is InChI=1S/C3H8B3N/c1-3-2-7-6-5-4-3/h2,4-7H,1H3. The minimum absolute atomic E-state index is 1.16. The van der Waals surface area contributed by atoms with Crippen LogP contribution < -0.4 is 5.23 Å². The summed E-state index contributed by atoms with van der Waals surface area (Å²) in [7, 11) is 3.76. The van der Waals surface area contributed by atoms with Crippen molar-refractivity contribution in [1.82, 2.24) is 5.23 Å². The second-order valence-corrected chi connectivity index (χ2v) is 2.05. The van der Waals surface area contributed by atoms with Crippen molar-refractivity contribution in [3.05, 3.63) is 11.7 Å². The van der Waals surface area contributed by atoms with Crippen molar-refractivity contribution < 1.29 is 0 Å². The molecule has 0 aromatic carbocycles. The Morgan fingerprint density at radius 1 is 1.71 bits per heavy atom. The van der Waals surface area contributed by atoms with Gasteiger partial charge in [-0.15, -0.1) is 5.47 Å². The van der Waals surface area contributed by atoms with Gasteiger partial charge >= 0.3 is 0 Å². The van der Waals surface area contributed by atoms with Gasteiger partial charge in [-0.2, -0.15) is 0 Å². The molecule has 0 unspecified atom stereocenters. The predicted molar refractivity (Wildman–Crippen MR) is 38.3 cm³/mol. The fraction of sp³-hybridized carbons (Fsp3) is 0.333. The molecule has 0 radical (unpaired) electrons. The highest BCUT2D eigenvalue weighted by Crippen LogP contribution is 1.86. The molecule has 1 rings (SSSR count). The van der Waals surface area contributed by atoms with Crippen LogP contribution in [0.3, 0.4) is 0 Å². The molecule has 1 nitrogen and oxygen atoms in total. The summed E-state index contributed by atoms with van der Waals surface area (Å²) in [4.78, 5) is 0. The lowest BCUT2D eigenvalue weighted by Crippen LogP contribution is -2.30. The lowest BCUT2D eigenvalue weighted by atomic mass is 9.20. The molecule has 0 atom stereocenters. The van der Waals surface area contributed by atoms with E-state index in [1.54, 1.807) is 0 Å². The molecule has 4 heteroatoms. The maximum absolute atomic E-state index is 3.17. The Morgan fingerprint density at radius 3 is 2.86 bits per heavy atom. The van der Waals surface area contributed by atoms with E-state index in [1.165, 1.54) is 19.7 Å². The molecule has 0 aliphatic carbocycles. The maximum Gasteiger partial charge on any atom is 0.184 e. The van der Waals surface area contributed by atoms with E-state index in [0.29, 0.717) is 0 Å². The fourth-order valence-corrected chi connectivity index (χ4v) is 0.788. The molecule has 0 fully saturated rings. The smallest absolute Gasteiger partial charge is 0.184 e. The predicted octanol–water partition coefficient (Wildman–Crippen LogP) is -1.49. The highest BCUT2D eigenvalue weighted by atomic mass is 14.7. The van der Waals surface area contributed by atoms with Gasteiger partial charge in [-0.1, -0.05) is 6.92 Å². The van der Waals surface area contributed by atoms with E-state index >= 15 is 0 Å². The minimum atomic E-state index is 1.16. The first-order valence-corrected chi connectivity index (χ1v) is 2.78. The van der Waals surface area contributed by atoms with Gasteiger partial charge in [0.15, 0.2) is 7.31 Å². The molecule has 0 saturated carbocycles. The molecule has 34 valence electrons. The highest BCUT2D eigenvalue weighted by Gasteiger charge is 2.00. The summed E-state index contributed by atoms with van der Waals surface area (Å²) >= 11 is 0. The van der Waals surface area contributed by atoms with Crippen molar-refractivity contribution in [3.63, 3.8) is 0 Å². The zero-order valence-electron chi connectivity index (χ0n) is 4.70. The Balaban J connectivity index is 2.40. The van der Waals surface area contributed by atoms with Gasteiger partial charge in [0, 0.05) is 0 Å². The molecule has 0 aromatic heterocycles. The molecule has 0 bridgehead atoms. The van der Waals surface area contributed by atoms with E-state index in [0.717, 1.165) is 7.31 Å². The Hall–Kier alpha value is -0.265. The Bertz CT molecular complexity index is 90.2. The third kappa shape index (κ3) is 1.34. The van der Waals surface area contributed by atoms with E-state index in [9.17, 15) is 0 Å². The Kier molecular flexibility index (Phi) is 1.50. The minimum Gasteiger partial charge on any atom is -0.445 e. The summed E-state index contributed by atoms with van der Waals surface area (Å²) in [6, 6.07) is 0. The van der Waals surface area contributed by atoms with Gasteiger partial charge in [0.25, 0.3) is 0 Å². The molecule has 1 heterocycles. The first-order valence-electron chi connectivity index (χ1n) is 2.78. The maximum atomic E-state index is 3.17. The average molecular weight is 90.5 g/mol. The van der Waals surface area contributed by atoms with Gasteiger partial charge in [-0.3, -0.25) is 0 Å². The molecule has 0 amide bonds. The van der Waals surface area contributed by atoms with Gasteiger partial charge in [-0.05, 0) is 6.20 Å². The highest BCUT2D eigenvalue weighted by molar-refractivity contribution is 7.31. The molecule has 1 aliphatic heterocycles. The van der Waals surface area contributed by atoms with Crippen molar-refractivity contribution in [3.8, 4) is 0 Å². The number of hydrogen-bond donors (Lipinski definition) is 1. The van der Waals surface area contributed by atoms with Crippen LogP contribution in [-0.2, 0) is 0 Å². The second kappa shape index (κ2) is 2.15. The van der Waals surface area contributed by atoms with Crippen LogP contribution in [0.25, 0.3) is 0 Å². The van der Waals surface area contributed by atoms with Crippen LogP contribution in [0.4, 0.5) is 0 Å². The van der Waals surface area contributed by atoms with Crippen LogP contribution in [-0.4, -0.2) is 21.5 Å². The largest absolute Gasteiger partial charge is 0.445 e. The number of nitrogens with one attached hydrogen (secondary N) is 1. The number of allylic oxidation sites excluding steroid dienone is 1. The van der Waals surface area contributed by atoms with Gasteiger partial charge < -0.3 is 5.23 Å². The van der Waals surface area contributed by atoms with Crippen molar-refractivity contribution in [1.29, 1.82) is 0 Å². The molecular formula is C3H8B3N. The third-order valence-corrected chi connectivity index (χ3v) is 1.24. The number of hydrogen-bond acceptors (Lipinski definition) is 1. The summed E-state index contributed by atoms with van der Waals surface area (Å²) in [6.45, 7) is 2.16. The summed E-state index contributed by atoms with van der Waals surface area (Å²) in [5.74, 6) is 0. The van der Waals surface area contributed by atoms with Crippen molar-refractivity contribution in [2.45, 2.75) is 6.92 Å². The SMILES string of the molecule is CC1=CNBBB1. The zero-order chi connectivity index (χ0) is 5.11. The van der Waals surface area contributed by atoms with Gasteiger partial charge in [0.05, 0.1) is 7.06 Å². The third-order valence-electron chi connectivity index (χ3n) is 1.24. The van der Waals surface area contributed by atoms with Crippen LogP contribution in [0.5, 0.6) is 0 Å². The summed E-state index contributed by atoms with van der Waals surface area (Å²) in [5.41, 5.74) is 1.48. The molecule has 7 heavy (non-hydrogen) atoms. The van der Waals surface area contributed by atoms with E-state index in [4.69, 9.17) is 0 Å². The summed E-state index contributed by atoms with van der Waals surface area (Å²) in [5, 5.41) is 3.17. The summed E-state index contributed by atoms with van der Waals surface area (Å²) < 4.78 is 0. The molecule has 1 N–H and O–H groups in total. The van der Waals surface area contributed by atoms with Gasteiger partial charge in [0.1, 0.15) is 7.17 Å². The number of rotatable bonds is 0. The van der Waals surface area contributed by atoms with Crippen LogP contribution in [0, 0.1) is 0 Å². The normalized spacial score (nSPS) is 17.0. The first kappa shape index (κ1) is 4.88. The Morgan fingerprint density at radius 2 is 2.57 bits per heavy atom. The van der Waals surface area contributed by atoms with E-state index < -0.39 is 0 Å². The van der Waals surface area contributed by atoms with Crippen LogP contribution >= 0.6 is 0 Å². The van der Waals surface area contributed by atoms with Crippen LogP contribution in [0.1, 0.15) is 6.92 Å². The molecule has 0 spiro atoms. The average Bonchev–Trinajstić information content (AvgIpc) is 1.69. The molecule has 0 aromatic rings.